The van der Waals surface area contributed by atoms with Gasteiger partial charge in [-0.15, -0.1) is 0 Å². The molecule has 0 spiro atoms. The predicted octanol–water partition coefficient (Wildman–Crippen LogP) is 0.532. The van der Waals surface area contributed by atoms with E-state index in [1.165, 1.54) is 25.9 Å². The summed E-state index contributed by atoms with van der Waals surface area (Å²) >= 11 is 0. The van der Waals surface area contributed by atoms with Crippen LogP contribution in [-0.2, 0) is 6.54 Å². The lowest BCUT2D eigenvalue weighted by atomic mass is 9.94. The number of hydrogen-bond acceptors (Lipinski definition) is 3. The molecular weight excluding hydrogens is 226 g/mol. The van der Waals surface area contributed by atoms with Crippen molar-refractivity contribution in [3.63, 3.8) is 0 Å². The van der Waals surface area contributed by atoms with Crippen LogP contribution in [0.15, 0.2) is 29.2 Å². The number of pyridine rings is 1. The van der Waals surface area contributed by atoms with Crippen molar-refractivity contribution in [2.45, 2.75) is 25.4 Å². The van der Waals surface area contributed by atoms with E-state index >= 15 is 0 Å². The van der Waals surface area contributed by atoms with Gasteiger partial charge in [0.15, 0.2) is 0 Å². The Labute approximate surface area is 108 Å². The van der Waals surface area contributed by atoms with Crippen LogP contribution in [0.3, 0.4) is 0 Å². The predicted molar refractivity (Wildman–Crippen MR) is 71.7 cm³/mol. The van der Waals surface area contributed by atoms with Gasteiger partial charge in [0.1, 0.15) is 0 Å². The smallest absolute Gasteiger partial charge is 0.250 e. The molecule has 0 radical (unpaired) electrons. The molecule has 98 valence electrons. The van der Waals surface area contributed by atoms with E-state index in [0.29, 0.717) is 6.04 Å². The third-order valence-corrected chi connectivity index (χ3v) is 4.23. The summed E-state index contributed by atoms with van der Waals surface area (Å²) in [6.45, 7) is 5.30. The van der Waals surface area contributed by atoms with Gasteiger partial charge in [0.25, 0.3) is 5.56 Å². The average Bonchev–Trinajstić information content (AvgIpc) is 2.80. The highest BCUT2D eigenvalue weighted by Crippen LogP contribution is 2.24. The minimum atomic E-state index is 0.104. The Balaban J connectivity index is 1.55. The first-order valence-electron chi connectivity index (χ1n) is 6.94. The van der Waals surface area contributed by atoms with E-state index in [4.69, 9.17) is 0 Å². The molecule has 4 nitrogen and oxygen atoms in total. The van der Waals surface area contributed by atoms with Gasteiger partial charge in [-0.1, -0.05) is 6.07 Å². The molecular formula is C14H21N3O. The molecule has 1 aromatic heterocycles. The lowest BCUT2D eigenvalue weighted by molar-refractivity contribution is 0.305. The van der Waals surface area contributed by atoms with Crippen molar-refractivity contribution in [1.82, 2.24) is 14.8 Å². The summed E-state index contributed by atoms with van der Waals surface area (Å²) in [6, 6.07) is 6.04. The number of aromatic nitrogens is 1. The number of piperidine rings is 1. The van der Waals surface area contributed by atoms with E-state index < -0.39 is 0 Å². The van der Waals surface area contributed by atoms with E-state index in [0.717, 1.165) is 25.6 Å². The largest absolute Gasteiger partial charge is 0.314 e. The van der Waals surface area contributed by atoms with E-state index in [9.17, 15) is 4.79 Å². The Hall–Kier alpha value is -1.13. The monoisotopic (exact) mass is 247 g/mol. The zero-order chi connectivity index (χ0) is 12.4. The Morgan fingerprint density at radius 1 is 1.28 bits per heavy atom. The molecule has 0 saturated carbocycles. The quantitative estimate of drug-likeness (QED) is 0.847. The van der Waals surface area contributed by atoms with Gasteiger partial charge in [-0.25, -0.2) is 0 Å². The topological polar surface area (TPSA) is 37.3 Å². The highest BCUT2D eigenvalue weighted by atomic mass is 16.1. The van der Waals surface area contributed by atoms with Gasteiger partial charge in [-0.05, 0) is 31.4 Å². The zero-order valence-electron chi connectivity index (χ0n) is 10.7. The summed E-state index contributed by atoms with van der Waals surface area (Å²) in [5, 5.41) is 3.61. The molecule has 3 heterocycles. The van der Waals surface area contributed by atoms with Crippen molar-refractivity contribution in [2.75, 3.05) is 26.2 Å². The van der Waals surface area contributed by atoms with E-state index in [2.05, 4.69) is 10.2 Å². The molecule has 2 saturated heterocycles. The first-order valence-corrected chi connectivity index (χ1v) is 6.94. The molecule has 1 N–H and O–H groups in total. The second-order valence-corrected chi connectivity index (χ2v) is 5.45. The normalized spacial score (nSPS) is 28.2. The number of likely N-dealkylation sites (tertiary alicyclic amines) is 1. The molecule has 2 aliphatic heterocycles. The highest BCUT2D eigenvalue weighted by Gasteiger charge is 2.33. The van der Waals surface area contributed by atoms with Crippen LogP contribution in [-0.4, -0.2) is 41.7 Å². The maximum atomic E-state index is 11.6. The van der Waals surface area contributed by atoms with Crippen LogP contribution in [0.25, 0.3) is 0 Å². The number of nitrogens with one attached hydrogen (secondary N) is 1. The van der Waals surface area contributed by atoms with Gasteiger partial charge in [0.05, 0.1) is 0 Å². The second-order valence-electron chi connectivity index (χ2n) is 5.45. The minimum Gasteiger partial charge on any atom is -0.314 e. The van der Waals surface area contributed by atoms with E-state index in [1.54, 1.807) is 16.7 Å². The SMILES string of the molecule is O=c1ccccn1CCN1CC2CCCNC2C1. The zero-order valence-corrected chi connectivity index (χ0v) is 10.7. The van der Waals surface area contributed by atoms with Gasteiger partial charge in [-0.2, -0.15) is 0 Å². The molecule has 0 amide bonds. The highest BCUT2D eigenvalue weighted by molar-refractivity contribution is 4.94. The van der Waals surface area contributed by atoms with Crippen molar-refractivity contribution in [1.29, 1.82) is 0 Å². The number of fused-ring (bicyclic) bond motifs is 1. The molecule has 0 bridgehead atoms. The molecule has 3 rings (SSSR count). The standard InChI is InChI=1S/C14H21N3O/c18-14-5-1-2-7-17(14)9-8-16-10-12-4-3-6-15-13(12)11-16/h1-2,5,7,12-13,15H,3-4,6,8-11H2. The first-order chi connectivity index (χ1) is 8.83. The molecule has 1 aromatic rings. The van der Waals surface area contributed by atoms with Crippen molar-refractivity contribution in [3.8, 4) is 0 Å². The minimum absolute atomic E-state index is 0.104. The average molecular weight is 247 g/mol. The summed E-state index contributed by atoms with van der Waals surface area (Å²) in [7, 11) is 0. The molecule has 2 fully saturated rings. The van der Waals surface area contributed by atoms with Crippen LogP contribution >= 0.6 is 0 Å². The van der Waals surface area contributed by atoms with Crippen LogP contribution in [0.5, 0.6) is 0 Å². The summed E-state index contributed by atoms with van der Waals surface area (Å²) in [4.78, 5) is 14.1. The number of hydrogen-bond donors (Lipinski definition) is 1. The Bertz CT molecular complexity index is 442. The molecule has 0 aromatic carbocycles. The van der Waals surface area contributed by atoms with E-state index in [-0.39, 0.29) is 5.56 Å². The molecule has 2 unspecified atom stereocenters. The van der Waals surface area contributed by atoms with Crippen molar-refractivity contribution in [2.24, 2.45) is 5.92 Å². The first kappa shape index (κ1) is 11.9. The fraction of sp³-hybridized carbons (Fsp3) is 0.643. The summed E-state index contributed by atoms with van der Waals surface area (Å²) in [5.74, 6) is 0.825. The lowest BCUT2D eigenvalue weighted by Crippen LogP contribution is -2.40. The fourth-order valence-electron chi connectivity index (χ4n) is 3.21. The number of nitrogens with zero attached hydrogens (tertiary/aromatic N) is 2. The fourth-order valence-corrected chi connectivity index (χ4v) is 3.21. The molecule has 18 heavy (non-hydrogen) atoms. The lowest BCUT2D eigenvalue weighted by Gasteiger charge is -2.24. The summed E-state index contributed by atoms with van der Waals surface area (Å²) < 4.78 is 1.80. The van der Waals surface area contributed by atoms with Gasteiger partial charge < -0.3 is 9.88 Å². The van der Waals surface area contributed by atoms with Crippen LogP contribution in [0.2, 0.25) is 0 Å². The van der Waals surface area contributed by atoms with Crippen LogP contribution in [0.4, 0.5) is 0 Å². The van der Waals surface area contributed by atoms with Gasteiger partial charge >= 0.3 is 0 Å². The maximum absolute atomic E-state index is 11.6. The van der Waals surface area contributed by atoms with Gasteiger partial charge in [-0.3, -0.25) is 9.69 Å². The number of rotatable bonds is 3. The van der Waals surface area contributed by atoms with Crippen molar-refractivity contribution < 1.29 is 0 Å². The third-order valence-electron chi connectivity index (χ3n) is 4.23. The van der Waals surface area contributed by atoms with Gasteiger partial charge in [0, 0.05) is 44.5 Å². The molecule has 2 atom stereocenters. The Morgan fingerprint density at radius 3 is 3.06 bits per heavy atom. The molecule has 4 heteroatoms. The Kier molecular flexibility index (Phi) is 3.48. The maximum Gasteiger partial charge on any atom is 0.250 e. The van der Waals surface area contributed by atoms with E-state index in [1.807, 2.05) is 12.3 Å². The molecule has 0 aliphatic carbocycles. The molecule has 2 aliphatic rings. The Morgan fingerprint density at radius 2 is 2.22 bits per heavy atom. The van der Waals surface area contributed by atoms with Crippen LogP contribution in [0.1, 0.15) is 12.8 Å². The van der Waals surface area contributed by atoms with Crippen LogP contribution < -0.4 is 10.9 Å². The third kappa shape index (κ3) is 2.49. The summed E-state index contributed by atoms with van der Waals surface area (Å²) in [5.41, 5.74) is 0.104. The van der Waals surface area contributed by atoms with Gasteiger partial charge in [0.2, 0.25) is 0 Å². The van der Waals surface area contributed by atoms with Crippen molar-refractivity contribution in [3.05, 3.63) is 34.7 Å². The van der Waals surface area contributed by atoms with Crippen LogP contribution in [0, 0.1) is 5.92 Å². The second kappa shape index (κ2) is 5.24. The summed E-state index contributed by atoms with van der Waals surface area (Å²) in [6.07, 6.45) is 4.55. The van der Waals surface area contributed by atoms with Crippen molar-refractivity contribution >= 4 is 0 Å².